The van der Waals surface area contributed by atoms with Crippen LogP contribution in [-0.2, 0) is 27.8 Å². The highest BCUT2D eigenvalue weighted by Gasteiger charge is 2.23. The topological polar surface area (TPSA) is 95.2 Å². The number of amides is 1. The number of para-hydroxylation sites is 2. The molecule has 8 nitrogen and oxygen atoms in total. The molecular formula is C25H26N4O4S. The molecule has 0 radical (unpaired) electrons. The second-order valence-corrected chi connectivity index (χ2v) is 9.10. The standard InChI is InChI=1S/C25H26N4O4S/c1-16-23(25(32)29(28(16)3)18-10-5-4-6-11-18)27-24(31)17(2)33-22(30)15-9-14-21-26-19-12-7-8-13-20(19)34-21/h4-8,10-13,17H,9,14-15H2,1-3H3,(H,27,31). The zero-order chi connectivity index (χ0) is 24.2. The molecule has 0 aliphatic heterocycles. The number of nitrogens with one attached hydrogen (secondary N) is 1. The van der Waals surface area contributed by atoms with Gasteiger partial charge < -0.3 is 10.1 Å². The van der Waals surface area contributed by atoms with E-state index in [0.717, 1.165) is 15.2 Å². The smallest absolute Gasteiger partial charge is 0.306 e. The van der Waals surface area contributed by atoms with Crippen molar-refractivity contribution < 1.29 is 14.3 Å². The molecular weight excluding hydrogens is 452 g/mol. The first-order valence-electron chi connectivity index (χ1n) is 11.0. The Hall–Kier alpha value is -3.72. The Labute approximate surface area is 200 Å². The predicted molar refractivity (Wildman–Crippen MR) is 132 cm³/mol. The summed E-state index contributed by atoms with van der Waals surface area (Å²) in [5.74, 6) is -1.01. The number of aromatic nitrogens is 3. The zero-order valence-electron chi connectivity index (χ0n) is 19.3. The summed E-state index contributed by atoms with van der Waals surface area (Å²) in [6, 6.07) is 17.1. The Balaban J connectivity index is 1.33. The third kappa shape index (κ3) is 4.94. The van der Waals surface area contributed by atoms with Gasteiger partial charge in [-0.3, -0.25) is 19.1 Å². The van der Waals surface area contributed by atoms with Gasteiger partial charge in [0.05, 0.1) is 26.6 Å². The molecule has 9 heteroatoms. The molecule has 1 N–H and O–H groups in total. The quantitative estimate of drug-likeness (QED) is 0.387. The molecule has 0 saturated carbocycles. The molecule has 0 saturated heterocycles. The molecule has 2 aromatic heterocycles. The number of benzene rings is 2. The van der Waals surface area contributed by atoms with Gasteiger partial charge in [-0.2, -0.15) is 0 Å². The first kappa shape index (κ1) is 23.4. The van der Waals surface area contributed by atoms with E-state index in [4.69, 9.17) is 4.74 Å². The van der Waals surface area contributed by atoms with E-state index in [1.807, 2.05) is 54.6 Å². The van der Waals surface area contributed by atoms with E-state index in [-0.39, 0.29) is 17.7 Å². The van der Waals surface area contributed by atoms with Crippen LogP contribution in [0.3, 0.4) is 0 Å². The number of aryl methyl sites for hydroxylation is 1. The summed E-state index contributed by atoms with van der Waals surface area (Å²) in [5, 5.41) is 3.60. The lowest BCUT2D eigenvalue weighted by molar-refractivity contribution is -0.153. The van der Waals surface area contributed by atoms with Gasteiger partial charge in [0.25, 0.3) is 11.5 Å². The van der Waals surface area contributed by atoms with Gasteiger partial charge in [0.1, 0.15) is 5.69 Å². The van der Waals surface area contributed by atoms with Crippen LogP contribution in [0.4, 0.5) is 5.69 Å². The van der Waals surface area contributed by atoms with Gasteiger partial charge in [-0.15, -0.1) is 11.3 Å². The summed E-state index contributed by atoms with van der Waals surface area (Å²) in [4.78, 5) is 42.4. The van der Waals surface area contributed by atoms with Crippen molar-refractivity contribution in [3.05, 3.63) is 75.7 Å². The highest BCUT2D eigenvalue weighted by atomic mass is 32.1. The number of hydrogen-bond acceptors (Lipinski definition) is 6. The Morgan fingerprint density at radius 1 is 1.12 bits per heavy atom. The molecule has 1 atom stereocenters. The highest BCUT2D eigenvalue weighted by Crippen LogP contribution is 2.23. The van der Waals surface area contributed by atoms with E-state index in [1.165, 1.54) is 11.6 Å². The fourth-order valence-electron chi connectivity index (χ4n) is 3.66. The number of thiazole rings is 1. The number of esters is 1. The van der Waals surface area contributed by atoms with Gasteiger partial charge in [-0.25, -0.2) is 9.67 Å². The van der Waals surface area contributed by atoms with Crippen molar-refractivity contribution in [2.45, 2.75) is 39.2 Å². The summed E-state index contributed by atoms with van der Waals surface area (Å²) in [6.07, 6.45) is 0.391. The van der Waals surface area contributed by atoms with Gasteiger partial charge in [-0.1, -0.05) is 30.3 Å². The first-order chi connectivity index (χ1) is 16.3. The Morgan fingerprint density at radius 2 is 1.82 bits per heavy atom. The minimum absolute atomic E-state index is 0.162. The van der Waals surface area contributed by atoms with Crippen LogP contribution in [0.1, 0.15) is 30.5 Å². The van der Waals surface area contributed by atoms with Gasteiger partial charge in [-0.05, 0) is 51.0 Å². The molecule has 0 spiro atoms. The van der Waals surface area contributed by atoms with Crippen molar-refractivity contribution in [1.82, 2.24) is 14.3 Å². The summed E-state index contributed by atoms with van der Waals surface area (Å²) in [7, 11) is 1.74. The summed E-state index contributed by atoms with van der Waals surface area (Å²) in [6.45, 7) is 3.24. The minimum atomic E-state index is -1.03. The third-order valence-electron chi connectivity index (χ3n) is 5.59. The third-order valence-corrected chi connectivity index (χ3v) is 6.69. The lowest BCUT2D eigenvalue weighted by Gasteiger charge is -2.13. The molecule has 34 heavy (non-hydrogen) atoms. The van der Waals surface area contributed by atoms with E-state index < -0.39 is 18.0 Å². The molecule has 2 aromatic carbocycles. The first-order valence-corrected chi connectivity index (χ1v) is 11.9. The van der Waals surface area contributed by atoms with Gasteiger partial charge in [0.2, 0.25) is 0 Å². The van der Waals surface area contributed by atoms with Crippen molar-refractivity contribution in [3.8, 4) is 5.69 Å². The fraction of sp³-hybridized carbons (Fsp3) is 0.280. The average Bonchev–Trinajstić information content (AvgIpc) is 3.33. The van der Waals surface area contributed by atoms with E-state index >= 15 is 0 Å². The monoisotopic (exact) mass is 478 g/mol. The number of rotatable bonds is 8. The van der Waals surface area contributed by atoms with Gasteiger partial charge >= 0.3 is 5.97 Å². The van der Waals surface area contributed by atoms with Crippen LogP contribution < -0.4 is 10.9 Å². The number of nitrogens with zero attached hydrogens (tertiary/aromatic N) is 3. The van der Waals surface area contributed by atoms with Crippen LogP contribution >= 0.6 is 11.3 Å². The fourth-order valence-corrected chi connectivity index (χ4v) is 4.67. The van der Waals surface area contributed by atoms with Gasteiger partial charge in [0, 0.05) is 13.5 Å². The lowest BCUT2D eigenvalue weighted by Crippen LogP contribution is -2.32. The molecule has 1 amide bonds. The number of hydrogen-bond donors (Lipinski definition) is 1. The van der Waals surface area contributed by atoms with Crippen molar-refractivity contribution >= 4 is 39.1 Å². The Kier molecular flexibility index (Phi) is 6.93. The number of carbonyl (C=O) groups excluding carboxylic acids is 2. The lowest BCUT2D eigenvalue weighted by atomic mass is 10.2. The number of anilines is 1. The van der Waals surface area contributed by atoms with Crippen LogP contribution in [0.15, 0.2) is 59.4 Å². The molecule has 0 aliphatic rings. The normalized spacial score (nSPS) is 12.0. The number of carbonyl (C=O) groups is 2. The van der Waals surface area contributed by atoms with Crippen LogP contribution in [0, 0.1) is 6.92 Å². The van der Waals surface area contributed by atoms with E-state index in [0.29, 0.717) is 24.2 Å². The molecule has 0 aliphatic carbocycles. The second kappa shape index (κ2) is 10.0. The molecule has 0 fully saturated rings. The summed E-state index contributed by atoms with van der Waals surface area (Å²) >= 11 is 1.61. The largest absolute Gasteiger partial charge is 0.453 e. The molecule has 0 bridgehead atoms. The molecule has 2 heterocycles. The molecule has 176 valence electrons. The highest BCUT2D eigenvalue weighted by molar-refractivity contribution is 7.18. The van der Waals surface area contributed by atoms with E-state index in [9.17, 15) is 14.4 Å². The number of fused-ring (bicyclic) bond motifs is 1. The Morgan fingerprint density at radius 3 is 2.56 bits per heavy atom. The van der Waals surface area contributed by atoms with Crippen LogP contribution in [0.5, 0.6) is 0 Å². The summed E-state index contributed by atoms with van der Waals surface area (Å²) < 4.78 is 9.57. The van der Waals surface area contributed by atoms with Crippen LogP contribution in [0.25, 0.3) is 15.9 Å². The second-order valence-electron chi connectivity index (χ2n) is 7.99. The maximum Gasteiger partial charge on any atom is 0.306 e. The van der Waals surface area contributed by atoms with Crippen LogP contribution in [-0.4, -0.2) is 32.3 Å². The van der Waals surface area contributed by atoms with Crippen molar-refractivity contribution in [3.63, 3.8) is 0 Å². The molecule has 4 rings (SSSR count). The van der Waals surface area contributed by atoms with Crippen molar-refractivity contribution in [2.75, 3.05) is 5.32 Å². The van der Waals surface area contributed by atoms with Crippen molar-refractivity contribution in [1.29, 1.82) is 0 Å². The Bertz CT molecular complexity index is 1350. The van der Waals surface area contributed by atoms with Crippen molar-refractivity contribution in [2.24, 2.45) is 7.05 Å². The van der Waals surface area contributed by atoms with Gasteiger partial charge in [0.15, 0.2) is 6.10 Å². The summed E-state index contributed by atoms with van der Waals surface area (Å²) in [5.41, 5.74) is 2.05. The van der Waals surface area contributed by atoms with Crippen LogP contribution in [0.2, 0.25) is 0 Å². The molecule has 4 aromatic rings. The van der Waals surface area contributed by atoms with E-state index in [2.05, 4.69) is 10.3 Å². The maximum atomic E-state index is 12.9. The maximum absolute atomic E-state index is 12.9. The predicted octanol–water partition coefficient (Wildman–Crippen LogP) is 3.99. The van der Waals surface area contributed by atoms with E-state index in [1.54, 1.807) is 30.0 Å². The zero-order valence-corrected chi connectivity index (χ0v) is 20.1. The average molecular weight is 479 g/mol. The SMILES string of the molecule is Cc1c(NC(=O)C(C)OC(=O)CCCc2nc3ccccc3s2)c(=O)n(-c2ccccc2)n1C. The number of ether oxygens (including phenoxy) is 1. The minimum Gasteiger partial charge on any atom is -0.453 e. The molecule has 1 unspecified atom stereocenters.